The van der Waals surface area contributed by atoms with Gasteiger partial charge in [-0.05, 0) is 12.1 Å². The molecular formula is C10H11N3O2S2. The number of nitrogen functional groups attached to an aromatic ring is 1. The molecule has 0 unspecified atom stereocenters. The number of benzene rings is 1. The van der Waals surface area contributed by atoms with Crippen molar-refractivity contribution < 1.29 is 8.42 Å². The largest absolute Gasteiger partial charge is 0.300 e. The second kappa shape index (κ2) is 4.44. The molecule has 0 radical (unpaired) electrons. The van der Waals surface area contributed by atoms with E-state index in [0.717, 1.165) is 11.3 Å². The molecule has 0 fully saturated rings. The molecule has 0 aliphatic carbocycles. The normalized spacial score (nSPS) is 11.4. The van der Waals surface area contributed by atoms with Crippen molar-refractivity contribution in [3.63, 3.8) is 0 Å². The van der Waals surface area contributed by atoms with Gasteiger partial charge in [-0.25, -0.2) is 19.2 Å². The van der Waals surface area contributed by atoms with Crippen molar-refractivity contribution in [1.29, 1.82) is 0 Å². The number of hydrogen-bond donors (Lipinski definition) is 2. The summed E-state index contributed by atoms with van der Waals surface area (Å²) in [7, 11) is -3.15. The lowest BCUT2D eigenvalue weighted by Crippen LogP contribution is -2.05. The molecule has 1 heterocycles. The molecule has 0 amide bonds. The Morgan fingerprint density at radius 3 is 2.41 bits per heavy atom. The molecule has 0 spiro atoms. The van der Waals surface area contributed by atoms with E-state index in [2.05, 4.69) is 10.4 Å². The van der Waals surface area contributed by atoms with Crippen LogP contribution in [0.15, 0.2) is 34.5 Å². The average molecular weight is 269 g/mol. The molecule has 7 heteroatoms. The summed E-state index contributed by atoms with van der Waals surface area (Å²) in [5.41, 5.74) is 4.09. The third-order valence-corrected chi connectivity index (χ3v) is 4.11. The van der Waals surface area contributed by atoms with E-state index >= 15 is 0 Å². The maximum absolute atomic E-state index is 11.3. The first-order chi connectivity index (χ1) is 8.00. The SMILES string of the molecule is CS(=O)(=O)c1ccc(-c2csc(NN)n2)cc1. The maximum atomic E-state index is 11.3. The van der Waals surface area contributed by atoms with Crippen LogP contribution >= 0.6 is 11.3 Å². The topological polar surface area (TPSA) is 85.1 Å². The smallest absolute Gasteiger partial charge is 0.197 e. The fraction of sp³-hybridized carbons (Fsp3) is 0.100. The summed E-state index contributed by atoms with van der Waals surface area (Å²) in [5, 5.41) is 2.47. The minimum atomic E-state index is -3.15. The first-order valence-electron chi connectivity index (χ1n) is 4.73. The molecule has 3 N–H and O–H groups in total. The van der Waals surface area contributed by atoms with Crippen LogP contribution in [-0.4, -0.2) is 19.7 Å². The van der Waals surface area contributed by atoms with E-state index in [4.69, 9.17) is 5.84 Å². The van der Waals surface area contributed by atoms with E-state index < -0.39 is 9.84 Å². The monoisotopic (exact) mass is 269 g/mol. The van der Waals surface area contributed by atoms with Gasteiger partial charge in [-0.15, -0.1) is 11.3 Å². The summed E-state index contributed by atoms with van der Waals surface area (Å²) >= 11 is 1.39. The maximum Gasteiger partial charge on any atom is 0.197 e. The van der Waals surface area contributed by atoms with Crippen molar-refractivity contribution in [3.05, 3.63) is 29.6 Å². The van der Waals surface area contributed by atoms with Crippen LogP contribution in [-0.2, 0) is 9.84 Å². The molecule has 0 saturated carbocycles. The molecule has 17 heavy (non-hydrogen) atoms. The first kappa shape index (κ1) is 12.0. The summed E-state index contributed by atoms with van der Waals surface area (Å²) in [6, 6.07) is 6.59. The number of rotatable bonds is 3. The second-order valence-corrected chi connectivity index (χ2v) is 6.35. The zero-order chi connectivity index (χ0) is 12.5. The quantitative estimate of drug-likeness (QED) is 0.651. The van der Waals surface area contributed by atoms with Crippen LogP contribution in [0.3, 0.4) is 0 Å². The molecule has 0 aliphatic rings. The summed E-state index contributed by atoms with van der Waals surface area (Å²) < 4.78 is 22.6. The van der Waals surface area contributed by atoms with E-state index in [1.807, 2.05) is 5.38 Å². The lowest BCUT2D eigenvalue weighted by Gasteiger charge is -2.00. The van der Waals surface area contributed by atoms with E-state index in [9.17, 15) is 8.42 Å². The Balaban J connectivity index is 2.35. The van der Waals surface area contributed by atoms with Crippen molar-refractivity contribution in [3.8, 4) is 11.3 Å². The lowest BCUT2D eigenvalue weighted by atomic mass is 10.2. The van der Waals surface area contributed by atoms with Crippen molar-refractivity contribution in [2.24, 2.45) is 5.84 Å². The molecular weight excluding hydrogens is 258 g/mol. The summed E-state index contributed by atoms with van der Waals surface area (Å²) in [6.45, 7) is 0. The number of nitrogens with zero attached hydrogens (tertiary/aromatic N) is 1. The molecule has 0 aliphatic heterocycles. The fourth-order valence-corrected chi connectivity index (χ4v) is 2.61. The van der Waals surface area contributed by atoms with E-state index in [-0.39, 0.29) is 0 Å². The molecule has 0 bridgehead atoms. The van der Waals surface area contributed by atoms with Crippen molar-refractivity contribution in [2.75, 3.05) is 11.7 Å². The minimum Gasteiger partial charge on any atom is -0.300 e. The molecule has 1 aromatic carbocycles. The molecule has 1 aromatic heterocycles. The fourth-order valence-electron chi connectivity index (χ4n) is 1.35. The number of nitrogens with one attached hydrogen (secondary N) is 1. The Kier molecular flexibility index (Phi) is 3.14. The molecule has 2 aromatic rings. The highest BCUT2D eigenvalue weighted by atomic mass is 32.2. The van der Waals surface area contributed by atoms with Crippen LogP contribution in [0, 0.1) is 0 Å². The van der Waals surface area contributed by atoms with Gasteiger partial charge in [0.25, 0.3) is 0 Å². The van der Waals surface area contributed by atoms with Crippen molar-refractivity contribution in [1.82, 2.24) is 4.98 Å². The molecule has 2 rings (SSSR count). The van der Waals surface area contributed by atoms with E-state index in [0.29, 0.717) is 10.0 Å². The average Bonchev–Trinajstić information content (AvgIpc) is 2.76. The Bertz CT molecular complexity index is 617. The number of anilines is 1. The third kappa shape index (κ3) is 2.63. The number of hydrazine groups is 1. The van der Waals surface area contributed by atoms with Crippen LogP contribution < -0.4 is 11.3 Å². The Morgan fingerprint density at radius 2 is 1.94 bits per heavy atom. The van der Waals surface area contributed by atoms with Gasteiger partial charge in [0.1, 0.15) is 0 Å². The van der Waals surface area contributed by atoms with Gasteiger partial charge in [0.15, 0.2) is 15.0 Å². The molecule has 90 valence electrons. The number of nitrogens with two attached hydrogens (primary N) is 1. The summed E-state index contributed by atoms with van der Waals surface area (Å²) in [5.74, 6) is 5.24. The second-order valence-electron chi connectivity index (χ2n) is 3.48. The van der Waals surface area contributed by atoms with Gasteiger partial charge < -0.3 is 0 Å². The van der Waals surface area contributed by atoms with Gasteiger partial charge in [0, 0.05) is 17.2 Å². The van der Waals surface area contributed by atoms with Crippen molar-refractivity contribution >= 4 is 26.3 Å². The highest BCUT2D eigenvalue weighted by molar-refractivity contribution is 7.90. The van der Waals surface area contributed by atoms with Crippen LogP contribution in [0.25, 0.3) is 11.3 Å². The summed E-state index contributed by atoms with van der Waals surface area (Å²) in [6.07, 6.45) is 1.18. The van der Waals surface area contributed by atoms with Crippen molar-refractivity contribution in [2.45, 2.75) is 4.90 Å². The minimum absolute atomic E-state index is 0.300. The van der Waals surface area contributed by atoms with Gasteiger partial charge in [0.05, 0.1) is 10.6 Å². The van der Waals surface area contributed by atoms with Gasteiger partial charge >= 0.3 is 0 Å². The van der Waals surface area contributed by atoms with Crippen LogP contribution in [0.4, 0.5) is 5.13 Å². The van der Waals surface area contributed by atoms with E-state index in [1.165, 1.54) is 17.6 Å². The molecule has 5 nitrogen and oxygen atoms in total. The standard InChI is InChI=1S/C10H11N3O2S2/c1-17(14,15)8-4-2-7(3-5-8)9-6-16-10(12-9)13-11/h2-6H,11H2,1H3,(H,12,13). The first-order valence-corrected chi connectivity index (χ1v) is 7.50. The number of thiazole rings is 1. The van der Waals surface area contributed by atoms with Crippen LogP contribution in [0.5, 0.6) is 0 Å². The van der Waals surface area contributed by atoms with Gasteiger partial charge in [-0.1, -0.05) is 12.1 Å². The highest BCUT2D eigenvalue weighted by Gasteiger charge is 2.08. The Labute approximate surface area is 103 Å². The third-order valence-electron chi connectivity index (χ3n) is 2.21. The Morgan fingerprint density at radius 1 is 1.29 bits per heavy atom. The molecule has 0 atom stereocenters. The Hall–Kier alpha value is -1.44. The number of aromatic nitrogens is 1. The van der Waals surface area contributed by atoms with Gasteiger partial charge in [-0.2, -0.15) is 0 Å². The summed E-state index contributed by atoms with van der Waals surface area (Å²) in [4.78, 5) is 4.52. The predicted molar refractivity (Wildman–Crippen MR) is 68.5 cm³/mol. The zero-order valence-electron chi connectivity index (χ0n) is 9.04. The van der Waals surface area contributed by atoms with Crippen LogP contribution in [0.2, 0.25) is 0 Å². The van der Waals surface area contributed by atoms with E-state index in [1.54, 1.807) is 24.3 Å². The zero-order valence-corrected chi connectivity index (χ0v) is 10.7. The number of hydrogen-bond acceptors (Lipinski definition) is 6. The van der Waals surface area contributed by atoms with Crippen LogP contribution in [0.1, 0.15) is 0 Å². The predicted octanol–water partition coefficient (Wildman–Crippen LogP) is 1.50. The number of sulfone groups is 1. The lowest BCUT2D eigenvalue weighted by molar-refractivity contribution is 0.602. The van der Waals surface area contributed by atoms with Gasteiger partial charge in [-0.3, -0.25) is 5.43 Å². The highest BCUT2D eigenvalue weighted by Crippen LogP contribution is 2.25. The molecule has 0 saturated heterocycles. The van der Waals surface area contributed by atoms with Gasteiger partial charge in [0.2, 0.25) is 0 Å².